The van der Waals surface area contributed by atoms with E-state index in [0.717, 1.165) is 0 Å². The Morgan fingerprint density at radius 2 is 1.93 bits per heavy atom. The number of halogens is 1. The maximum absolute atomic E-state index is 12.1. The van der Waals surface area contributed by atoms with Crippen molar-refractivity contribution in [1.82, 2.24) is 5.01 Å². The lowest BCUT2D eigenvalue weighted by molar-refractivity contribution is -0.135. The molecule has 27 heavy (non-hydrogen) atoms. The molecule has 1 aliphatic heterocycles. The first-order chi connectivity index (χ1) is 12.9. The molecule has 1 heterocycles. The van der Waals surface area contributed by atoms with Crippen LogP contribution in [0.4, 0.5) is 0 Å². The molecule has 0 saturated carbocycles. The van der Waals surface area contributed by atoms with Crippen LogP contribution in [0.1, 0.15) is 31.2 Å². The summed E-state index contributed by atoms with van der Waals surface area (Å²) in [5.41, 5.74) is 1.05. The number of amides is 1. The average molecular weight is 389 g/mol. The van der Waals surface area contributed by atoms with Crippen LogP contribution in [0, 0.1) is 0 Å². The standard InChI is InChI=1S/C19H17ClN2O5/c1-11(23)22-19(27-18(21-22)13-6-4-7-14(20)10-13)15-8-5-9-16(25-3)17(15)26-12(2)24/h4-10,19H,1-3H3/t19-/m0/s1. The minimum atomic E-state index is -0.916. The Hall–Kier alpha value is -3.06. The lowest BCUT2D eigenvalue weighted by Gasteiger charge is -2.22. The Morgan fingerprint density at radius 1 is 1.19 bits per heavy atom. The quantitative estimate of drug-likeness (QED) is 0.591. The summed E-state index contributed by atoms with van der Waals surface area (Å²) in [6.45, 7) is 2.65. The molecule has 140 valence electrons. The molecule has 2 aromatic carbocycles. The van der Waals surface area contributed by atoms with Gasteiger partial charge in [0.05, 0.1) is 12.7 Å². The fourth-order valence-electron chi connectivity index (χ4n) is 2.65. The summed E-state index contributed by atoms with van der Waals surface area (Å²) in [6.07, 6.45) is -0.916. The van der Waals surface area contributed by atoms with E-state index < -0.39 is 12.2 Å². The van der Waals surface area contributed by atoms with E-state index in [4.69, 9.17) is 25.8 Å². The highest BCUT2D eigenvalue weighted by molar-refractivity contribution is 6.31. The molecular formula is C19H17ClN2O5. The van der Waals surface area contributed by atoms with Gasteiger partial charge in [0, 0.05) is 24.4 Å². The molecule has 7 nitrogen and oxygen atoms in total. The van der Waals surface area contributed by atoms with Crippen molar-refractivity contribution in [1.29, 1.82) is 0 Å². The summed E-state index contributed by atoms with van der Waals surface area (Å²) >= 11 is 6.03. The molecule has 0 N–H and O–H groups in total. The number of carbonyl (C=O) groups is 2. The molecule has 2 aromatic rings. The van der Waals surface area contributed by atoms with E-state index in [1.807, 2.05) is 0 Å². The number of benzene rings is 2. The first-order valence-electron chi connectivity index (χ1n) is 8.07. The van der Waals surface area contributed by atoms with Crippen LogP contribution in [0.25, 0.3) is 0 Å². The third-order valence-corrected chi connectivity index (χ3v) is 4.01. The fourth-order valence-corrected chi connectivity index (χ4v) is 2.84. The van der Waals surface area contributed by atoms with Crippen LogP contribution in [-0.2, 0) is 14.3 Å². The SMILES string of the molecule is COc1cccc([C@@H]2OC(c3cccc(Cl)c3)=NN2C(C)=O)c1OC(C)=O. The lowest BCUT2D eigenvalue weighted by atomic mass is 10.1. The Bertz CT molecular complexity index is 928. The van der Waals surface area contributed by atoms with Crippen LogP contribution in [0.5, 0.6) is 11.5 Å². The number of para-hydroxylation sites is 1. The fraction of sp³-hybridized carbons (Fsp3) is 0.211. The van der Waals surface area contributed by atoms with Crippen molar-refractivity contribution in [2.24, 2.45) is 5.10 Å². The molecule has 0 spiro atoms. The molecule has 0 aromatic heterocycles. The van der Waals surface area contributed by atoms with Gasteiger partial charge in [0.1, 0.15) is 0 Å². The van der Waals surface area contributed by atoms with E-state index in [1.54, 1.807) is 42.5 Å². The van der Waals surface area contributed by atoms with Crippen molar-refractivity contribution >= 4 is 29.4 Å². The molecule has 8 heteroatoms. The van der Waals surface area contributed by atoms with Crippen LogP contribution in [0.3, 0.4) is 0 Å². The molecular weight excluding hydrogens is 372 g/mol. The molecule has 0 unspecified atom stereocenters. The monoisotopic (exact) mass is 388 g/mol. The van der Waals surface area contributed by atoms with Crippen molar-refractivity contribution in [2.75, 3.05) is 7.11 Å². The topological polar surface area (TPSA) is 77.4 Å². The number of rotatable bonds is 4. The Labute approximate surface area is 161 Å². The molecule has 0 fully saturated rings. The van der Waals surface area contributed by atoms with Gasteiger partial charge in [0.25, 0.3) is 0 Å². The Morgan fingerprint density at radius 3 is 2.56 bits per heavy atom. The van der Waals surface area contributed by atoms with E-state index in [9.17, 15) is 9.59 Å². The average Bonchev–Trinajstić information content (AvgIpc) is 3.07. The highest BCUT2D eigenvalue weighted by Crippen LogP contribution is 2.40. The largest absolute Gasteiger partial charge is 0.493 e. The second kappa shape index (κ2) is 7.67. The van der Waals surface area contributed by atoms with Crippen LogP contribution < -0.4 is 9.47 Å². The maximum atomic E-state index is 12.1. The number of hydrazone groups is 1. The van der Waals surface area contributed by atoms with Crippen molar-refractivity contribution in [3.63, 3.8) is 0 Å². The smallest absolute Gasteiger partial charge is 0.308 e. The van der Waals surface area contributed by atoms with Crippen LogP contribution >= 0.6 is 11.6 Å². The Balaban J connectivity index is 2.04. The summed E-state index contributed by atoms with van der Waals surface area (Å²) < 4.78 is 16.5. The van der Waals surface area contributed by atoms with Gasteiger partial charge in [-0.3, -0.25) is 9.59 Å². The Kier molecular flexibility index (Phi) is 5.32. The highest BCUT2D eigenvalue weighted by Gasteiger charge is 2.36. The van der Waals surface area contributed by atoms with Crippen LogP contribution in [0.15, 0.2) is 47.6 Å². The summed E-state index contributed by atoms with van der Waals surface area (Å²) in [4.78, 5) is 23.7. The predicted molar refractivity (Wildman–Crippen MR) is 98.6 cm³/mol. The van der Waals surface area contributed by atoms with Gasteiger partial charge >= 0.3 is 5.97 Å². The van der Waals surface area contributed by atoms with Gasteiger partial charge in [-0.05, 0) is 30.3 Å². The molecule has 0 aliphatic carbocycles. The molecule has 1 aliphatic rings. The number of methoxy groups -OCH3 is 1. The maximum Gasteiger partial charge on any atom is 0.308 e. The first-order valence-corrected chi connectivity index (χ1v) is 8.45. The normalized spacial score (nSPS) is 15.8. The van der Waals surface area contributed by atoms with E-state index in [0.29, 0.717) is 21.9 Å². The molecule has 3 rings (SSSR count). The highest BCUT2D eigenvalue weighted by atomic mass is 35.5. The second-order valence-corrected chi connectivity index (χ2v) is 6.16. The van der Waals surface area contributed by atoms with E-state index in [-0.39, 0.29) is 17.6 Å². The minimum Gasteiger partial charge on any atom is -0.493 e. The zero-order valence-corrected chi connectivity index (χ0v) is 15.7. The van der Waals surface area contributed by atoms with Gasteiger partial charge in [-0.2, -0.15) is 5.01 Å². The van der Waals surface area contributed by atoms with Crippen molar-refractivity contribution in [3.05, 3.63) is 58.6 Å². The number of nitrogens with zero attached hydrogens (tertiary/aromatic N) is 2. The number of ether oxygens (including phenoxy) is 3. The van der Waals surface area contributed by atoms with E-state index in [2.05, 4.69) is 5.10 Å². The zero-order valence-electron chi connectivity index (χ0n) is 14.9. The van der Waals surface area contributed by atoms with Crippen LogP contribution in [0.2, 0.25) is 5.02 Å². The van der Waals surface area contributed by atoms with Gasteiger partial charge in [-0.1, -0.05) is 23.7 Å². The lowest BCUT2D eigenvalue weighted by Crippen LogP contribution is -2.26. The predicted octanol–water partition coefficient (Wildman–Crippen LogP) is 3.51. The molecule has 0 bridgehead atoms. The third kappa shape index (κ3) is 3.88. The van der Waals surface area contributed by atoms with Crippen LogP contribution in [-0.4, -0.2) is 29.9 Å². The zero-order chi connectivity index (χ0) is 19.6. The van der Waals surface area contributed by atoms with Gasteiger partial charge in [-0.15, -0.1) is 5.10 Å². The molecule has 0 radical (unpaired) electrons. The minimum absolute atomic E-state index is 0.172. The number of hydrogen-bond acceptors (Lipinski definition) is 6. The number of carbonyl (C=O) groups excluding carboxylic acids is 2. The summed E-state index contributed by atoms with van der Waals surface area (Å²) in [5.74, 6) is -0.121. The van der Waals surface area contributed by atoms with Crippen molar-refractivity contribution < 1.29 is 23.8 Å². The van der Waals surface area contributed by atoms with Gasteiger partial charge in [0.2, 0.25) is 18.0 Å². The second-order valence-electron chi connectivity index (χ2n) is 5.72. The summed E-state index contributed by atoms with van der Waals surface area (Å²) in [6, 6.07) is 12.0. The summed E-state index contributed by atoms with van der Waals surface area (Å²) in [5, 5.41) is 5.96. The van der Waals surface area contributed by atoms with Crippen molar-refractivity contribution in [2.45, 2.75) is 20.1 Å². The number of esters is 1. The number of hydrogen-bond donors (Lipinski definition) is 0. The summed E-state index contributed by atoms with van der Waals surface area (Å²) in [7, 11) is 1.46. The third-order valence-electron chi connectivity index (χ3n) is 3.78. The van der Waals surface area contributed by atoms with Gasteiger partial charge < -0.3 is 14.2 Å². The molecule has 1 amide bonds. The van der Waals surface area contributed by atoms with E-state index >= 15 is 0 Å². The molecule has 1 atom stereocenters. The molecule has 0 saturated heterocycles. The van der Waals surface area contributed by atoms with Gasteiger partial charge in [0.15, 0.2) is 11.5 Å². The van der Waals surface area contributed by atoms with Gasteiger partial charge in [-0.25, -0.2) is 0 Å². The first kappa shape index (κ1) is 18.7. The van der Waals surface area contributed by atoms with Crippen molar-refractivity contribution in [3.8, 4) is 11.5 Å². The van der Waals surface area contributed by atoms with E-state index in [1.165, 1.54) is 26.0 Å².